The van der Waals surface area contributed by atoms with Gasteiger partial charge in [0.05, 0.1) is 17.0 Å². The first-order chi connectivity index (χ1) is 13.5. The number of anilines is 1. The zero-order valence-electron chi connectivity index (χ0n) is 15.0. The molecule has 0 aliphatic carbocycles. The van der Waals surface area contributed by atoms with Crippen LogP contribution in [0.1, 0.15) is 17.5 Å². The molecule has 7 heteroatoms. The van der Waals surface area contributed by atoms with Gasteiger partial charge in [0.2, 0.25) is 5.91 Å². The highest BCUT2D eigenvalue weighted by Crippen LogP contribution is 2.37. The van der Waals surface area contributed by atoms with Gasteiger partial charge >= 0.3 is 0 Å². The maximum Gasteiger partial charge on any atom is 0.266 e. The van der Waals surface area contributed by atoms with Crippen molar-refractivity contribution < 1.29 is 14.4 Å². The van der Waals surface area contributed by atoms with Crippen molar-refractivity contribution in [2.24, 2.45) is 0 Å². The molecular formula is C21H16N2O3S2. The molecular weight excluding hydrogens is 392 g/mol. The number of amides is 3. The van der Waals surface area contributed by atoms with Gasteiger partial charge in [-0.1, -0.05) is 72.0 Å². The highest BCUT2D eigenvalue weighted by atomic mass is 32.2. The Morgan fingerprint density at radius 2 is 1.71 bits per heavy atom. The zero-order chi connectivity index (χ0) is 19.8. The molecule has 2 fully saturated rings. The number of hydrogen-bond acceptors (Lipinski definition) is 5. The van der Waals surface area contributed by atoms with Crippen molar-refractivity contribution in [1.29, 1.82) is 0 Å². The first-order valence-corrected chi connectivity index (χ1v) is 9.94. The monoisotopic (exact) mass is 408 g/mol. The molecule has 4 rings (SSSR count). The van der Waals surface area contributed by atoms with Crippen molar-refractivity contribution >= 4 is 57.8 Å². The molecule has 2 saturated heterocycles. The summed E-state index contributed by atoms with van der Waals surface area (Å²) in [7, 11) is 0. The highest BCUT2D eigenvalue weighted by Gasteiger charge is 2.48. The zero-order valence-corrected chi connectivity index (χ0v) is 16.6. The second kappa shape index (κ2) is 7.33. The van der Waals surface area contributed by atoms with E-state index in [2.05, 4.69) is 0 Å². The summed E-state index contributed by atoms with van der Waals surface area (Å²) in [6.45, 7) is 1.93. The molecule has 1 atom stereocenters. The van der Waals surface area contributed by atoms with Gasteiger partial charge in [0.25, 0.3) is 11.8 Å². The fourth-order valence-corrected chi connectivity index (χ4v) is 4.59. The van der Waals surface area contributed by atoms with Crippen LogP contribution in [0.4, 0.5) is 5.69 Å². The number of thiocarbonyl (C=S) groups is 1. The van der Waals surface area contributed by atoms with Gasteiger partial charge in [0, 0.05) is 0 Å². The summed E-state index contributed by atoms with van der Waals surface area (Å²) in [5, 5.41) is 0. The van der Waals surface area contributed by atoms with Crippen molar-refractivity contribution in [2.75, 3.05) is 4.90 Å². The fourth-order valence-electron chi connectivity index (χ4n) is 3.23. The smallest absolute Gasteiger partial charge is 0.266 e. The predicted octanol–water partition coefficient (Wildman–Crippen LogP) is 3.53. The van der Waals surface area contributed by atoms with E-state index in [1.54, 1.807) is 18.2 Å². The summed E-state index contributed by atoms with van der Waals surface area (Å²) in [6.07, 6.45) is 1.68. The molecule has 2 heterocycles. The Labute approximate surface area is 172 Å². The molecule has 3 amide bonds. The Kier molecular flexibility index (Phi) is 4.87. The predicted molar refractivity (Wildman–Crippen MR) is 114 cm³/mol. The van der Waals surface area contributed by atoms with Gasteiger partial charge in [-0.05, 0) is 30.7 Å². The molecule has 2 aromatic rings. The SMILES string of the molecule is Cc1ccc(N2C(=O)C[C@H](N3C(=O)/C(=C\c4ccccc4)SC3=S)C2=O)cc1. The molecule has 0 saturated carbocycles. The van der Waals surface area contributed by atoms with E-state index in [-0.39, 0.29) is 18.2 Å². The van der Waals surface area contributed by atoms with Crippen LogP contribution in [0.2, 0.25) is 0 Å². The van der Waals surface area contributed by atoms with Crippen molar-refractivity contribution in [3.63, 3.8) is 0 Å². The molecule has 2 aliphatic rings. The standard InChI is InChI=1S/C21H16N2O3S2/c1-13-7-9-15(10-8-13)22-18(24)12-16(19(22)25)23-20(26)17(28-21(23)27)11-14-5-3-2-4-6-14/h2-11,16H,12H2,1H3/b17-11+/t16-/m0/s1. The second-order valence-electron chi connectivity index (χ2n) is 6.59. The molecule has 0 N–H and O–H groups in total. The highest BCUT2D eigenvalue weighted by molar-refractivity contribution is 8.26. The van der Waals surface area contributed by atoms with Crippen LogP contribution in [-0.2, 0) is 14.4 Å². The van der Waals surface area contributed by atoms with E-state index in [1.807, 2.05) is 49.4 Å². The summed E-state index contributed by atoms with van der Waals surface area (Å²) >= 11 is 6.51. The van der Waals surface area contributed by atoms with E-state index >= 15 is 0 Å². The van der Waals surface area contributed by atoms with E-state index in [9.17, 15) is 14.4 Å². The minimum Gasteiger partial charge on any atom is -0.280 e. The van der Waals surface area contributed by atoms with E-state index in [0.29, 0.717) is 14.9 Å². The number of benzene rings is 2. The van der Waals surface area contributed by atoms with Gasteiger partial charge in [-0.2, -0.15) is 0 Å². The van der Waals surface area contributed by atoms with E-state index in [0.717, 1.165) is 27.8 Å². The lowest BCUT2D eigenvalue weighted by molar-refractivity contribution is -0.129. The summed E-state index contributed by atoms with van der Waals surface area (Å²) < 4.78 is 0.295. The van der Waals surface area contributed by atoms with Crippen molar-refractivity contribution in [3.05, 3.63) is 70.6 Å². The Balaban J connectivity index is 1.61. The Morgan fingerprint density at radius 3 is 2.39 bits per heavy atom. The first-order valence-electron chi connectivity index (χ1n) is 8.71. The fraction of sp³-hybridized carbons (Fsp3) is 0.143. The van der Waals surface area contributed by atoms with Crippen LogP contribution in [-0.4, -0.2) is 33.0 Å². The van der Waals surface area contributed by atoms with Gasteiger partial charge in [-0.25, -0.2) is 4.90 Å². The van der Waals surface area contributed by atoms with Crippen LogP contribution < -0.4 is 4.90 Å². The molecule has 28 heavy (non-hydrogen) atoms. The van der Waals surface area contributed by atoms with E-state index < -0.39 is 11.9 Å². The number of carbonyl (C=O) groups is 3. The lowest BCUT2D eigenvalue weighted by Gasteiger charge is -2.21. The lowest BCUT2D eigenvalue weighted by atomic mass is 10.2. The molecule has 2 aromatic carbocycles. The van der Waals surface area contributed by atoms with Crippen LogP contribution in [0.25, 0.3) is 6.08 Å². The quantitative estimate of drug-likeness (QED) is 0.442. The molecule has 0 aromatic heterocycles. The number of aryl methyl sites for hydroxylation is 1. The van der Waals surface area contributed by atoms with Crippen molar-refractivity contribution in [3.8, 4) is 0 Å². The number of rotatable bonds is 3. The molecule has 0 radical (unpaired) electrons. The van der Waals surface area contributed by atoms with Crippen LogP contribution >= 0.6 is 24.0 Å². The largest absolute Gasteiger partial charge is 0.280 e. The Hall–Kier alpha value is -2.77. The number of hydrogen-bond donors (Lipinski definition) is 0. The van der Waals surface area contributed by atoms with Crippen molar-refractivity contribution in [1.82, 2.24) is 4.90 Å². The third-order valence-electron chi connectivity index (χ3n) is 4.65. The number of nitrogens with zero attached hydrogens (tertiary/aromatic N) is 2. The van der Waals surface area contributed by atoms with Crippen LogP contribution in [0, 0.1) is 6.92 Å². The van der Waals surface area contributed by atoms with Gasteiger partial charge in [0.1, 0.15) is 10.4 Å². The van der Waals surface area contributed by atoms with Gasteiger partial charge in [-0.3, -0.25) is 19.3 Å². The summed E-state index contributed by atoms with van der Waals surface area (Å²) in [5.41, 5.74) is 2.41. The van der Waals surface area contributed by atoms with E-state index in [4.69, 9.17) is 12.2 Å². The third-order valence-corrected chi connectivity index (χ3v) is 5.98. The third kappa shape index (κ3) is 3.27. The number of imide groups is 1. The minimum absolute atomic E-state index is 0.0717. The Bertz CT molecular complexity index is 1020. The van der Waals surface area contributed by atoms with Gasteiger partial charge < -0.3 is 0 Å². The molecule has 5 nitrogen and oxygen atoms in total. The van der Waals surface area contributed by atoms with Crippen LogP contribution in [0.15, 0.2) is 59.5 Å². The second-order valence-corrected chi connectivity index (χ2v) is 8.26. The van der Waals surface area contributed by atoms with Gasteiger partial charge in [0.15, 0.2) is 0 Å². The van der Waals surface area contributed by atoms with Gasteiger partial charge in [-0.15, -0.1) is 0 Å². The van der Waals surface area contributed by atoms with E-state index in [1.165, 1.54) is 4.90 Å². The number of thioether (sulfide) groups is 1. The maximum absolute atomic E-state index is 13.0. The molecule has 140 valence electrons. The van der Waals surface area contributed by atoms with Crippen molar-refractivity contribution in [2.45, 2.75) is 19.4 Å². The molecule has 0 bridgehead atoms. The first kappa shape index (κ1) is 18.6. The number of carbonyl (C=O) groups excluding carboxylic acids is 3. The van der Waals surface area contributed by atoms with Crippen LogP contribution in [0.5, 0.6) is 0 Å². The van der Waals surface area contributed by atoms with Crippen LogP contribution in [0.3, 0.4) is 0 Å². The lowest BCUT2D eigenvalue weighted by Crippen LogP contribution is -2.44. The minimum atomic E-state index is -0.900. The molecule has 0 spiro atoms. The summed E-state index contributed by atoms with van der Waals surface area (Å²) in [6, 6.07) is 15.7. The normalized spacial score (nSPS) is 21.3. The average molecular weight is 409 g/mol. The average Bonchev–Trinajstić information content (AvgIpc) is 3.12. The Morgan fingerprint density at radius 1 is 1.04 bits per heavy atom. The summed E-state index contributed by atoms with van der Waals surface area (Å²) in [5.74, 6) is -1.10. The molecule has 2 aliphatic heterocycles. The summed E-state index contributed by atoms with van der Waals surface area (Å²) in [4.78, 5) is 41.3. The molecule has 0 unspecified atom stereocenters. The maximum atomic E-state index is 13.0. The topological polar surface area (TPSA) is 57.7 Å².